The highest BCUT2D eigenvalue weighted by Gasteiger charge is 2.42. The van der Waals surface area contributed by atoms with Gasteiger partial charge >= 0.3 is 5.97 Å². The van der Waals surface area contributed by atoms with Crippen LogP contribution in [0.1, 0.15) is 52.6 Å². The molecule has 1 fully saturated rings. The number of benzene rings is 2. The quantitative estimate of drug-likeness (QED) is 0.315. The lowest BCUT2D eigenvalue weighted by molar-refractivity contribution is -0.142. The van der Waals surface area contributed by atoms with Crippen LogP contribution in [0.2, 0.25) is 0 Å². The number of carboxylic acids is 1. The summed E-state index contributed by atoms with van der Waals surface area (Å²) in [5.41, 5.74) is 4.20. The summed E-state index contributed by atoms with van der Waals surface area (Å²) in [5, 5.41) is 14.3. The zero-order chi connectivity index (χ0) is 29.7. The summed E-state index contributed by atoms with van der Waals surface area (Å²) in [5.74, 6) is -2.42. The smallest absolute Gasteiger partial charge is 0.306 e. The minimum Gasteiger partial charge on any atom is -0.481 e. The Balaban J connectivity index is 1.16. The summed E-state index contributed by atoms with van der Waals surface area (Å²) in [6, 6.07) is 9.74. The average molecular weight is 601 g/mol. The van der Waals surface area contributed by atoms with Crippen LogP contribution < -0.4 is 10.2 Å². The van der Waals surface area contributed by atoms with E-state index in [4.69, 9.17) is 0 Å². The van der Waals surface area contributed by atoms with Crippen molar-refractivity contribution in [2.24, 2.45) is 5.92 Å². The van der Waals surface area contributed by atoms with Crippen LogP contribution in [0.3, 0.4) is 0 Å². The zero-order valence-corrected chi connectivity index (χ0v) is 24.0. The van der Waals surface area contributed by atoms with Gasteiger partial charge in [-0.1, -0.05) is 12.1 Å². The second-order valence-corrected chi connectivity index (χ2v) is 12.1. The van der Waals surface area contributed by atoms with Crippen molar-refractivity contribution < 1.29 is 23.9 Å². The van der Waals surface area contributed by atoms with Gasteiger partial charge < -0.3 is 19.5 Å². The summed E-state index contributed by atoms with van der Waals surface area (Å²) in [7, 11) is 0. The second-order valence-electron chi connectivity index (χ2n) is 11.2. The molecule has 0 spiro atoms. The molecule has 0 radical (unpaired) electrons. The molecule has 43 heavy (non-hydrogen) atoms. The van der Waals surface area contributed by atoms with E-state index in [2.05, 4.69) is 20.2 Å². The summed E-state index contributed by atoms with van der Waals surface area (Å²) in [4.78, 5) is 51.1. The number of rotatable bonds is 7. The van der Waals surface area contributed by atoms with E-state index in [0.717, 1.165) is 36.3 Å². The van der Waals surface area contributed by atoms with Gasteiger partial charge in [-0.2, -0.15) is 0 Å². The molecule has 2 N–H and O–H groups in total. The van der Waals surface area contributed by atoms with E-state index in [1.54, 1.807) is 24.0 Å². The van der Waals surface area contributed by atoms with Gasteiger partial charge in [0.25, 0.3) is 11.8 Å². The number of aryl methyl sites for hydroxylation is 1. The monoisotopic (exact) mass is 600 g/mol. The first-order valence-electron chi connectivity index (χ1n) is 14.3. The molecule has 220 valence electrons. The predicted molar refractivity (Wildman–Crippen MR) is 158 cm³/mol. The third-order valence-corrected chi connectivity index (χ3v) is 9.39. The Morgan fingerprint density at radius 1 is 1.07 bits per heavy atom. The Morgan fingerprint density at radius 3 is 2.58 bits per heavy atom. The van der Waals surface area contributed by atoms with E-state index in [0.29, 0.717) is 42.3 Å². The number of hydrogen-bond acceptors (Lipinski definition) is 7. The normalized spacial score (nSPS) is 17.2. The largest absolute Gasteiger partial charge is 0.481 e. The fourth-order valence-electron chi connectivity index (χ4n) is 6.41. The third kappa shape index (κ3) is 4.95. The number of carbonyl (C=O) groups is 3. The number of hydrogen-bond donors (Lipinski definition) is 2. The lowest BCUT2D eigenvalue weighted by Crippen LogP contribution is -2.38. The number of piperidine rings is 1. The van der Waals surface area contributed by atoms with E-state index in [-0.39, 0.29) is 23.6 Å². The number of halogens is 1. The summed E-state index contributed by atoms with van der Waals surface area (Å²) >= 11 is 1.28. The lowest BCUT2D eigenvalue weighted by atomic mass is 9.96. The van der Waals surface area contributed by atoms with Crippen molar-refractivity contribution in [2.75, 3.05) is 23.3 Å². The van der Waals surface area contributed by atoms with Gasteiger partial charge in [-0.25, -0.2) is 14.4 Å². The van der Waals surface area contributed by atoms with Crippen LogP contribution in [-0.2, 0) is 29.1 Å². The van der Waals surface area contributed by atoms with Crippen molar-refractivity contribution in [3.05, 3.63) is 82.6 Å². The standard InChI is InChI=1S/C31H29FN6O4S/c32-24-15-20(18-3-5-21(6-4-18)36-11-7-19(8-12-36)30(41)42)14-22-23(24)16-38(29(22)40)27(28(39)35-31-33-9-13-43-31)26-25-2-1-10-37(25)17-34-26/h3-6,9,13-15,17,19,27H,1-2,7-8,10-12,16H2,(H,41,42)(H,33,35,39). The van der Waals surface area contributed by atoms with Gasteiger partial charge in [0.05, 0.1) is 24.5 Å². The van der Waals surface area contributed by atoms with Gasteiger partial charge in [0, 0.05) is 53.7 Å². The highest BCUT2D eigenvalue weighted by Crippen LogP contribution is 2.38. The molecule has 0 saturated carbocycles. The maximum absolute atomic E-state index is 15.6. The summed E-state index contributed by atoms with van der Waals surface area (Å²) < 4.78 is 17.6. The van der Waals surface area contributed by atoms with Gasteiger partial charge in [-0.15, -0.1) is 11.3 Å². The maximum atomic E-state index is 15.6. The molecule has 7 rings (SSSR count). The average Bonchev–Trinajstić information content (AvgIpc) is 3.82. The number of aliphatic carboxylic acids is 1. The number of nitrogens with zero attached hydrogens (tertiary/aromatic N) is 5. The summed E-state index contributed by atoms with van der Waals surface area (Å²) in [6.45, 7) is 2.07. The van der Waals surface area contributed by atoms with Crippen molar-refractivity contribution >= 4 is 39.9 Å². The maximum Gasteiger partial charge on any atom is 0.306 e. The molecule has 4 aromatic rings. The van der Waals surface area contributed by atoms with Crippen molar-refractivity contribution in [1.82, 2.24) is 19.4 Å². The van der Waals surface area contributed by atoms with Gasteiger partial charge in [0.15, 0.2) is 11.2 Å². The highest BCUT2D eigenvalue weighted by molar-refractivity contribution is 7.13. The number of anilines is 2. The van der Waals surface area contributed by atoms with Gasteiger partial charge in [0.2, 0.25) is 0 Å². The highest BCUT2D eigenvalue weighted by atomic mass is 32.1. The SMILES string of the molecule is O=C(O)C1CCN(c2ccc(-c3cc(F)c4c(c3)C(=O)N(C(C(=O)Nc3nccs3)c3ncn5c3CCC5)C4)cc2)CC1. The fraction of sp³-hybridized carbons (Fsp3) is 0.323. The molecule has 12 heteroatoms. The second kappa shape index (κ2) is 10.9. The number of aromatic nitrogens is 3. The van der Waals surface area contributed by atoms with Crippen LogP contribution in [0.25, 0.3) is 11.1 Å². The molecule has 1 unspecified atom stereocenters. The van der Waals surface area contributed by atoms with E-state index in [1.165, 1.54) is 22.3 Å². The minimum absolute atomic E-state index is 0.0478. The molecule has 10 nitrogen and oxygen atoms in total. The van der Waals surface area contributed by atoms with E-state index in [9.17, 15) is 19.5 Å². The number of fused-ring (bicyclic) bond motifs is 2. The van der Waals surface area contributed by atoms with Crippen molar-refractivity contribution in [2.45, 2.75) is 44.8 Å². The zero-order valence-electron chi connectivity index (χ0n) is 23.2. The van der Waals surface area contributed by atoms with Gasteiger partial charge in [-0.3, -0.25) is 19.7 Å². The molecular formula is C31H29FN6O4S. The van der Waals surface area contributed by atoms with E-state index in [1.807, 2.05) is 28.8 Å². The number of carbonyl (C=O) groups excluding carboxylic acids is 2. The molecule has 3 aliphatic rings. The van der Waals surface area contributed by atoms with E-state index >= 15 is 4.39 Å². The molecule has 5 heterocycles. The number of amides is 2. The molecule has 1 atom stereocenters. The van der Waals surface area contributed by atoms with Gasteiger partial charge in [-0.05, 0) is 61.1 Å². The van der Waals surface area contributed by atoms with Crippen LogP contribution in [0.5, 0.6) is 0 Å². The van der Waals surface area contributed by atoms with Gasteiger partial charge in [0.1, 0.15) is 5.82 Å². The van der Waals surface area contributed by atoms with Crippen molar-refractivity contribution in [3.8, 4) is 11.1 Å². The topological polar surface area (TPSA) is 121 Å². The van der Waals surface area contributed by atoms with Crippen molar-refractivity contribution in [3.63, 3.8) is 0 Å². The predicted octanol–water partition coefficient (Wildman–Crippen LogP) is 4.73. The van der Waals surface area contributed by atoms with E-state index < -0.39 is 29.6 Å². The molecule has 2 aromatic carbocycles. The van der Waals surface area contributed by atoms with Crippen LogP contribution in [0.4, 0.5) is 15.2 Å². The Bertz CT molecular complexity index is 1710. The number of imidazole rings is 1. The first-order valence-corrected chi connectivity index (χ1v) is 15.2. The molecule has 0 aliphatic carbocycles. The molecule has 1 saturated heterocycles. The Labute approximate surface area is 250 Å². The van der Waals surface area contributed by atoms with Crippen LogP contribution in [0, 0.1) is 11.7 Å². The number of thiazole rings is 1. The molecule has 2 aromatic heterocycles. The van der Waals surface area contributed by atoms with Crippen LogP contribution in [-0.4, -0.2) is 55.4 Å². The molecule has 0 bridgehead atoms. The number of nitrogens with one attached hydrogen (secondary N) is 1. The Hall–Kier alpha value is -4.58. The van der Waals surface area contributed by atoms with Crippen LogP contribution >= 0.6 is 11.3 Å². The molecule has 3 aliphatic heterocycles. The summed E-state index contributed by atoms with van der Waals surface area (Å²) in [6.07, 6.45) is 6.15. The first-order chi connectivity index (χ1) is 20.9. The molecular weight excluding hydrogens is 571 g/mol. The Kier molecular flexibility index (Phi) is 6.92. The van der Waals surface area contributed by atoms with Crippen molar-refractivity contribution in [1.29, 1.82) is 0 Å². The minimum atomic E-state index is -1.04. The molecule has 2 amide bonds. The number of carboxylic acid groups (broad SMARTS) is 1. The fourth-order valence-corrected chi connectivity index (χ4v) is 6.95. The third-order valence-electron chi connectivity index (χ3n) is 8.70. The Morgan fingerprint density at radius 2 is 1.86 bits per heavy atom. The van der Waals surface area contributed by atoms with Crippen LogP contribution in [0.15, 0.2) is 54.3 Å². The first kappa shape index (κ1) is 27.3. The lowest BCUT2D eigenvalue weighted by Gasteiger charge is -2.32.